The first-order valence-corrected chi connectivity index (χ1v) is 11.7. The number of aldehydes is 1. The Morgan fingerprint density at radius 1 is 1.23 bits per heavy atom. The predicted octanol–water partition coefficient (Wildman–Crippen LogP) is 3.85. The summed E-state index contributed by atoms with van der Waals surface area (Å²) in [6.07, 6.45) is 5.58. The lowest BCUT2D eigenvalue weighted by Crippen LogP contribution is -2.23. The van der Waals surface area contributed by atoms with Gasteiger partial charge in [-0.3, -0.25) is 14.5 Å². The highest BCUT2D eigenvalue weighted by atomic mass is 32.1. The summed E-state index contributed by atoms with van der Waals surface area (Å²) < 4.78 is 28.2. The van der Waals surface area contributed by atoms with Crippen molar-refractivity contribution >= 4 is 39.4 Å². The lowest BCUT2D eigenvalue weighted by Gasteiger charge is -2.09. The molecular formula is C24H24FN5O4S. The van der Waals surface area contributed by atoms with Gasteiger partial charge in [0.1, 0.15) is 12.0 Å². The number of benzene rings is 1. The zero-order chi connectivity index (χ0) is 24.6. The summed E-state index contributed by atoms with van der Waals surface area (Å²) in [6, 6.07) is 7.72. The number of fused-ring (bicyclic) bond motifs is 1. The highest BCUT2D eigenvalue weighted by Gasteiger charge is 2.14. The molecule has 0 atom stereocenters. The molecule has 11 heteroatoms. The summed E-state index contributed by atoms with van der Waals surface area (Å²) in [5.74, 6) is -0.677. The number of nitrogens with one attached hydrogen (secondary N) is 2. The number of pyridine rings is 1. The number of anilines is 1. The minimum Gasteiger partial charge on any atom is -0.453 e. The van der Waals surface area contributed by atoms with Crippen molar-refractivity contribution in [1.82, 2.24) is 20.1 Å². The SMILES string of the molecule is COCCNCCn1cc(-c2cc3nccc(Oc4ccc(NC(=O)CC=O)cc4F)c3s2)cn1. The fraction of sp³-hybridized carbons (Fsp3) is 0.250. The van der Waals surface area contributed by atoms with E-state index in [0.717, 1.165) is 46.4 Å². The lowest BCUT2D eigenvalue weighted by molar-refractivity contribution is -0.119. The number of carbonyl (C=O) groups excluding carboxylic acids is 2. The second kappa shape index (κ2) is 11.6. The van der Waals surface area contributed by atoms with Crippen molar-refractivity contribution < 1.29 is 23.5 Å². The van der Waals surface area contributed by atoms with E-state index in [-0.39, 0.29) is 17.9 Å². The average molecular weight is 498 g/mol. The van der Waals surface area contributed by atoms with Gasteiger partial charge in [0.25, 0.3) is 0 Å². The van der Waals surface area contributed by atoms with Crippen LogP contribution in [0.25, 0.3) is 20.7 Å². The molecule has 0 aliphatic carbocycles. The Morgan fingerprint density at radius 2 is 2.11 bits per heavy atom. The van der Waals surface area contributed by atoms with E-state index in [9.17, 15) is 14.0 Å². The standard InChI is InChI=1S/C24H24FN5O4S/c1-33-11-8-26-7-9-30-15-16(14-28-30)22-13-19-24(35-22)21(4-6-27-19)34-20-3-2-17(12-18(20)25)29-23(32)5-10-31/h2-4,6,10,12-15,26H,5,7-9,11H2,1H3,(H,29,32). The molecular weight excluding hydrogens is 473 g/mol. The summed E-state index contributed by atoms with van der Waals surface area (Å²) >= 11 is 1.48. The van der Waals surface area contributed by atoms with Crippen LogP contribution in [0, 0.1) is 5.82 Å². The largest absolute Gasteiger partial charge is 0.453 e. The van der Waals surface area contributed by atoms with E-state index in [2.05, 4.69) is 20.7 Å². The zero-order valence-corrected chi connectivity index (χ0v) is 19.8. The monoisotopic (exact) mass is 497 g/mol. The first-order valence-electron chi connectivity index (χ1n) is 10.9. The zero-order valence-electron chi connectivity index (χ0n) is 19.0. The van der Waals surface area contributed by atoms with Gasteiger partial charge in [0.15, 0.2) is 11.6 Å². The van der Waals surface area contributed by atoms with E-state index in [1.165, 1.54) is 23.5 Å². The molecule has 3 aromatic heterocycles. The number of ether oxygens (including phenoxy) is 2. The van der Waals surface area contributed by atoms with Gasteiger partial charge >= 0.3 is 0 Å². The second-order valence-electron chi connectivity index (χ2n) is 7.54. The van der Waals surface area contributed by atoms with Crippen LogP contribution in [-0.2, 0) is 20.9 Å². The van der Waals surface area contributed by atoms with Crippen molar-refractivity contribution in [2.24, 2.45) is 0 Å². The van der Waals surface area contributed by atoms with E-state index in [4.69, 9.17) is 9.47 Å². The minimum absolute atomic E-state index is 0.00892. The molecule has 35 heavy (non-hydrogen) atoms. The van der Waals surface area contributed by atoms with E-state index in [0.29, 0.717) is 18.6 Å². The number of hydrogen-bond donors (Lipinski definition) is 2. The van der Waals surface area contributed by atoms with E-state index >= 15 is 0 Å². The van der Waals surface area contributed by atoms with E-state index in [1.807, 2.05) is 16.9 Å². The molecule has 0 saturated heterocycles. The molecule has 4 aromatic rings. The molecule has 0 fully saturated rings. The third kappa shape index (κ3) is 6.27. The number of methoxy groups -OCH3 is 1. The number of hydrogen-bond acceptors (Lipinski definition) is 8. The summed E-state index contributed by atoms with van der Waals surface area (Å²) in [4.78, 5) is 27.4. The van der Waals surface area contributed by atoms with Gasteiger partial charge in [-0.05, 0) is 18.2 Å². The van der Waals surface area contributed by atoms with Crippen molar-refractivity contribution in [3.05, 3.63) is 54.7 Å². The Balaban J connectivity index is 1.48. The van der Waals surface area contributed by atoms with Gasteiger partial charge in [-0.25, -0.2) is 4.39 Å². The molecule has 0 spiro atoms. The number of amides is 1. The maximum Gasteiger partial charge on any atom is 0.231 e. The minimum atomic E-state index is -0.643. The Hall–Kier alpha value is -3.67. The highest BCUT2D eigenvalue weighted by molar-refractivity contribution is 7.22. The molecule has 1 aromatic carbocycles. The van der Waals surface area contributed by atoms with E-state index in [1.54, 1.807) is 25.6 Å². The highest BCUT2D eigenvalue weighted by Crippen LogP contribution is 2.39. The fourth-order valence-electron chi connectivity index (χ4n) is 3.31. The van der Waals surface area contributed by atoms with Gasteiger partial charge in [-0.15, -0.1) is 11.3 Å². The van der Waals surface area contributed by atoms with E-state index < -0.39 is 11.7 Å². The number of nitrogens with zero attached hydrogens (tertiary/aromatic N) is 3. The van der Waals surface area contributed by atoms with Crippen LogP contribution >= 0.6 is 11.3 Å². The Kier molecular flexibility index (Phi) is 8.14. The summed E-state index contributed by atoms with van der Waals surface area (Å²) in [7, 11) is 1.67. The normalized spacial score (nSPS) is 11.0. The van der Waals surface area contributed by atoms with Crippen LogP contribution in [0.15, 0.2) is 48.9 Å². The fourth-order valence-corrected chi connectivity index (χ4v) is 4.35. The van der Waals surface area contributed by atoms with Gasteiger partial charge in [0.2, 0.25) is 5.91 Å². The smallest absolute Gasteiger partial charge is 0.231 e. The molecule has 3 heterocycles. The number of aromatic nitrogens is 3. The third-order valence-electron chi connectivity index (χ3n) is 5.00. The van der Waals surface area contributed by atoms with Crippen LogP contribution < -0.4 is 15.4 Å². The molecule has 182 valence electrons. The van der Waals surface area contributed by atoms with Gasteiger partial charge in [-0.2, -0.15) is 5.10 Å². The van der Waals surface area contributed by atoms with Crippen LogP contribution in [0.4, 0.5) is 10.1 Å². The quantitative estimate of drug-likeness (QED) is 0.174. The first-order chi connectivity index (χ1) is 17.1. The topological polar surface area (TPSA) is 107 Å². The Bertz CT molecular complexity index is 1320. The van der Waals surface area contributed by atoms with Gasteiger partial charge in [0, 0.05) is 60.9 Å². The van der Waals surface area contributed by atoms with Gasteiger partial charge < -0.3 is 24.9 Å². The maximum absolute atomic E-state index is 14.6. The van der Waals surface area contributed by atoms with Crippen LogP contribution in [0.3, 0.4) is 0 Å². The van der Waals surface area contributed by atoms with Crippen molar-refractivity contribution in [2.45, 2.75) is 13.0 Å². The molecule has 9 nitrogen and oxygen atoms in total. The molecule has 4 rings (SSSR count). The average Bonchev–Trinajstić information content (AvgIpc) is 3.48. The van der Waals surface area contributed by atoms with Gasteiger partial charge in [0.05, 0.1) is 36.0 Å². The number of rotatable bonds is 12. The van der Waals surface area contributed by atoms with Crippen LogP contribution in [-0.4, -0.2) is 53.8 Å². The predicted molar refractivity (Wildman–Crippen MR) is 131 cm³/mol. The third-order valence-corrected chi connectivity index (χ3v) is 6.19. The molecule has 0 aliphatic heterocycles. The molecule has 1 amide bonds. The lowest BCUT2D eigenvalue weighted by atomic mass is 10.2. The maximum atomic E-state index is 14.6. The molecule has 0 unspecified atom stereocenters. The van der Waals surface area contributed by atoms with Crippen molar-refractivity contribution in [3.8, 4) is 21.9 Å². The molecule has 0 aliphatic rings. The second-order valence-corrected chi connectivity index (χ2v) is 8.59. The molecule has 2 N–H and O–H groups in total. The number of thiophene rings is 1. The Morgan fingerprint density at radius 3 is 2.91 bits per heavy atom. The van der Waals surface area contributed by atoms with Crippen LogP contribution in [0.2, 0.25) is 0 Å². The summed E-state index contributed by atoms with van der Waals surface area (Å²) in [6.45, 7) is 2.96. The molecule has 0 saturated carbocycles. The van der Waals surface area contributed by atoms with Gasteiger partial charge in [-0.1, -0.05) is 0 Å². The molecule has 0 radical (unpaired) electrons. The van der Waals surface area contributed by atoms with Crippen LogP contribution in [0.1, 0.15) is 6.42 Å². The number of halogens is 1. The summed E-state index contributed by atoms with van der Waals surface area (Å²) in [5, 5.41) is 10.2. The molecule has 0 bridgehead atoms. The van der Waals surface area contributed by atoms with Crippen molar-refractivity contribution in [3.63, 3.8) is 0 Å². The summed E-state index contributed by atoms with van der Waals surface area (Å²) in [5.41, 5.74) is 1.93. The van der Waals surface area contributed by atoms with Crippen LogP contribution in [0.5, 0.6) is 11.5 Å². The first kappa shape index (κ1) is 24.5. The number of carbonyl (C=O) groups is 2. The van der Waals surface area contributed by atoms with Crippen molar-refractivity contribution in [2.75, 3.05) is 32.1 Å². The van der Waals surface area contributed by atoms with Crippen molar-refractivity contribution in [1.29, 1.82) is 0 Å². The Labute approximate surface area is 204 Å².